The monoisotopic (exact) mass is 245 g/mol. The van der Waals surface area contributed by atoms with E-state index in [0.29, 0.717) is 12.8 Å². The molecule has 2 N–H and O–H groups in total. The molecule has 0 aromatic carbocycles. The van der Waals surface area contributed by atoms with E-state index >= 15 is 0 Å². The summed E-state index contributed by atoms with van der Waals surface area (Å²) >= 11 is 0. The van der Waals surface area contributed by atoms with Crippen molar-refractivity contribution in [2.24, 2.45) is 5.41 Å². The summed E-state index contributed by atoms with van der Waals surface area (Å²) in [6.45, 7) is 9.90. The Morgan fingerprint density at radius 2 is 1.88 bits per heavy atom. The van der Waals surface area contributed by atoms with E-state index in [1.807, 2.05) is 27.7 Å². The maximum atomic E-state index is 12.1. The van der Waals surface area contributed by atoms with Crippen LogP contribution in [0.2, 0.25) is 0 Å². The molecule has 0 aliphatic rings. The van der Waals surface area contributed by atoms with Crippen LogP contribution in [0.3, 0.4) is 0 Å². The van der Waals surface area contributed by atoms with Gasteiger partial charge in [0.25, 0.3) is 5.91 Å². The van der Waals surface area contributed by atoms with E-state index in [0.717, 1.165) is 0 Å². The number of methoxy groups -OCH3 is 1. The Labute approximate surface area is 105 Å². The second-order valence-electron chi connectivity index (χ2n) is 5.69. The second-order valence-corrected chi connectivity index (χ2v) is 5.69. The summed E-state index contributed by atoms with van der Waals surface area (Å²) in [5.41, 5.74) is -0.875. The largest absolute Gasteiger partial charge is 0.396 e. The fraction of sp³-hybridized carbons (Fsp3) is 0.923. The average molecular weight is 245 g/mol. The maximum absolute atomic E-state index is 12.1. The van der Waals surface area contributed by atoms with Crippen LogP contribution in [0.25, 0.3) is 0 Å². The Morgan fingerprint density at radius 3 is 2.18 bits per heavy atom. The lowest BCUT2D eigenvalue weighted by atomic mass is 9.84. The van der Waals surface area contributed by atoms with Crippen LogP contribution in [0.1, 0.15) is 47.5 Å². The Balaban J connectivity index is 4.72. The van der Waals surface area contributed by atoms with Crippen LogP contribution in [-0.4, -0.2) is 36.4 Å². The number of rotatable bonds is 6. The summed E-state index contributed by atoms with van der Waals surface area (Å²) in [5.74, 6) is -0.115. The van der Waals surface area contributed by atoms with Crippen LogP contribution in [-0.2, 0) is 9.53 Å². The van der Waals surface area contributed by atoms with Crippen molar-refractivity contribution in [2.75, 3.05) is 13.7 Å². The van der Waals surface area contributed by atoms with E-state index < -0.39 is 5.60 Å². The molecule has 0 aromatic heterocycles. The first kappa shape index (κ1) is 16.4. The highest BCUT2D eigenvalue weighted by atomic mass is 16.5. The van der Waals surface area contributed by atoms with E-state index in [2.05, 4.69) is 5.32 Å². The van der Waals surface area contributed by atoms with Gasteiger partial charge in [0.1, 0.15) is 5.60 Å². The first-order valence-electron chi connectivity index (χ1n) is 6.18. The lowest BCUT2D eigenvalue weighted by Gasteiger charge is -2.34. The molecule has 0 heterocycles. The van der Waals surface area contributed by atoms with Crippen LogP contribution in [0, 0.1) is 5.41 Å². The van der Waals surface area contributed by atoms with Crippen molar-refractivity contribution < 1.29 is 14.6 Å². The standard InChI is InChI=1S/C13H27NO3/c1-7-13(5,17-6)11(16)14-10(8-9-15)12(2,3)4/h10,15H,7-9H2,1-6H3,(H,14,16). The van der Waals surface area contributed by atoms with Crippen LogP contribution in [0.4, 0.5) is 0 Å². The molecule has 0 saturated heterocycles. The normalized spacial score (nSPS) is 17.4. The average Bonchev–Trinajstić information content (AvgIpc) is 2.26. The Hall–Kier alpha value is -0.610. The molecule has 0 rings (SSSR count). The third kappa shape index (κ3) is 4.64. The number of hydrogen-bond acceptors (Lipinski definition) is 3. The summed E-state index contributed by atoms with van der Waals surface area (Å²) in [6.07, 6.45) is 1.17. The second kappa shape index (κ2) is 6.36. The fourth-order valence-electron chi connectivity index (χ4n) is 1.56. The Morgan fingerprint density at radius 1 is 1.35 bits per heavy atom. The molecule has 4 heteroatoms. The van der Waals surface area contributed by atoms with Gasteiger partial charge in [0.15, 0.2) is 0 Å². The molecule has 0 saturated carbocycles. The first-order chi connectivity index (χ1) is 7.71. The third-order valence-corrected chi connectivity index (χ3v) is 3.37. The number of carbonyl (C=O) groups excluding carboxylic acids is 1. The Kier molecular flexibility index (Phi) is 6.13. The van der Waals surface area contributed by atoms with Gasteiger partial charge in [-0.25, -0.2) is 0 Å². The predicted molar refractivity (Wildman–Crippen MR) is 68.8 cm³/mol. The molecule has 0 aliphatic carbocycles. The van der Waals surface area contributed by atoms with Crippen molar-refractivity contribution in [2.45, 2.75) is 59.1 Å². The summed E-state index contributed by atoms with van der Waals surface area (Å²) in [6, 6.07) is -0.0546. The molecule has 4 nitrogen and oxygen atoms in total. The van der Waals surface area contributed by atoms with Crippen molar-refractivity contribution in [3.05, 3.63) is 0 Å². The zero-order chi connectivity index (χ0) is 13.7. The van der Waals surface area contributed by atoms with Gasteiger partial charge in [-0.3, -0.25) is 4.79 Å². The molecular formula is C13H27NO3. The minimum Gasteiger partial charge on any atom is -0.396 e. The fourth-order valence-corrected chi connectivity index (χ4v) is 1.56. The van der Waals surface area contributed by atoms with E-state index in [1.165, 1.54) is 0 Å². The van der Waals surface area contributed by atoms with Gasteiger partial charge in [0, 0.05) is 19.8 Å². The molecular weight excluding hydrogens is 218 g/mol. The van der Waals surface area contributed by atoms with Crippen molar-refractivity contribution >= 4 is 5.91 Å². The molecule has 2 atom stereocenters. The number of ether oxygens (including phenoxy) is 1. The zero-order valence-corrected chi connectivity index (χ0v) is 12.0. The van der Waals surface area contributed by atoms with Crippen molar-refractivity contribution in [3.63, 3.8) is 0 Å². The van der Waals surface area contributed by atoms with Gasteiger partial charge < -0.3 is 15.2 Å². The molecule has 2 unspecified atom stereocenters. The van der Waals surface area contributed by atoms with Gasteiger partial charge >= 0.3 is 0 Å². The molecule has 0 aromatic rings. The van der Waals surface area contributed by atoms with Crippen molar-refractivity contribution in [1.82, 2.24) is 5.32 Å². The summed E-state index contributed by atoms with van der Waals surface area (Å²) in [4.78, 5) is 12.1. The number of nitrogens with one attached hydrogen (secondary N) is 1. The minimum absolute atomic E-state index is 0.0546. The van der Waals surface area contributed by atoms with Gasteiger partial charge in [0.05, 0.1) is 0 Å². The lowest BCUT2D eigenvalue weighted by molar-refractivity contribution is -0.143. The van der Waals surface area contributed by atoms with E-state index in [9.17, 15) is 4.79 Å². The molecule has 0 aliphatic heterocycles. The van der Waals surface area contributed by atoms with Gasteiger partial charge in [-0.2, -0.15) is 0 Å². The van der Waals surface area contributed by atoms with Crippen LogP contribution < -0.4 is 5.32 Å². The van der Waals surface area contributed by atoms with Crippen LogP contribution in [0.15, 0.2) is 0 Å². The van der Waals surface area contributed by atoms with Gasteiger partial charge in [-0.05, 0) is 25.2 Å². The van der Waals surface area contributed by atoms with Crippen LogP contribution in [0.5, 0.6) is 0 Å². The number of hydrogen-bond donors (Lipinski definition) is 2. The highest BCUT2D eigenvalue weighted by Crippen LogP contribution is 2.23. The molecule has 0 bridgehead atoms. The predicted octanol–water partition coefficient (Wildman–Crippen LogP) is 1.71. The van der Waals surface area contributed by atoms with E-state index in [-0.39, 0.29) is 24.0 Å². The molecule has 0 radical (unpaired) electrons. The van der Waals surface area contributed by atoms with Crippen molar-refractivity contribution in [1.29, 1.82) is 0 Å². The smallest absolute Gasteiger partial charge is 0.252 e. The van der Waals surface area contributed by atoms with Crippen molar-refractivity contribution in [3.8, 4) is 0 Å². The molecule has 17 heavy (non-hydrogen) atoms. The number of amides is 1. The number of aliphatic hydroxyl groups is 1. The number of aliphatic hydroxyl groups excluding tert-OH is 1. The SMILES string of the molecule is CCC(C)(OC)C(=O)NC(CCO)C(C)(C)C. The zero-order valence-electron chi connectivity index (χ0n) is 12.0. The van der Waals surface area contributed by atoms with E-state index in [1.54, 1.807) is 14.0 Å². The topological polar surface area (TPSA) is 58.6 Å². The molecule has 1 amide bonds. The highest BCUT2D eigenvalue weighted by molar-refractivity contribution is 5.85. The summed E-state index contributed by atoms with van der Waals surface area (Å²) < 4.78 is 5.27. The quantitative estimate of drug-likeness (QED) is 0.749. The van der Waals surface area contributed by atoms with Crippen LogP contribution >= 0.6 is 0 Å². The van der Waals surface area contributed by atoms with Gasteiger partial charge in [-0.1, -0.05) is 27.7 Å². The minimum atomic E-state index is -0.793. The highest BCUT2D eigenvalue weighted by Gasteiger charge is 2.35. The van der Waals surface area contributed by atoms with Gasteiger partial charge in [-0.15, -0.1) is 0 Å². The van der Waals surface area contributed by atoms with Gasteiger partial charge in [0.2, 0.25) is 0 Å². The lowest BCUT2D eigenvalue weighted by Crippen LogP contribution is -2.53. The Bertz CT molecular complexity index is 242. The third-order valence-electron chi connectivity index (χ3n) is 3.37. The molecule has 0 fully saturated rings. The summed E-state index contributed by atoms with van der Waals surface area (Å²) in [5, 5.41) is 12.0. The molecule has 102 valence electrons. The summed E-state index contributed by atoms with van der Waals surface area (Å²) in [7, 11) is 1.54. The first-order valence-corrected chi connectivity index (χ1v) is 6.18. The number of carbonyl (C=O) groups is 1. The molecule has 0 spiro atoms. The maximum Gasteiger partial charge on any atom is 0.252 e. The van der Waals surface area contributed by atoms with E-state index in [4.69, 9.17) is 9.84 Å².